The van der Waals surface area contributed by atoms with E-state index in [4.69, 9.17) is 0 Å². The fourth-order valence-corrected chi connectivity index (χ4v) is 6.05. The Morgan fingerprint density at radius 1 is 0.577 bits per heavy atom. The van der Waals surface area contributed by atoms with Crippen molar-refractivity contribution in [1.82, 2.24) is 0 Å². The summed E-state index contributed by atoms with van der Waals surface area (Å²) in [7, 11) is 0. The predicted molar refractivity (Wildman–Crippen MR) is 115 cm³/mol. The molecule has 3 saturated carbocycles. The van der Waals surface area contributed by atoms with Crippen molar-refractivity contribution in [3.05, 3.63) is 0 Å². The number of hydrogen-bond donors (Lipinski definition) is 0. The van der Waals surface area contributed by atoms with Crippen LogP contribution in [0.5, 0.6) is 0 Å². The summed E-state index contributed by atoms with van der Waals surface area (Å²) in [6.07, 6.45) is 22.6. The van der Waals surface area contributed by atoms with Gasteiger partial charge in [0.25, 0.3) is 0 Å². The maximum Gasteiger partial charge on any atom is 0.120 e. The van der Waals surface area contributed by atoms with Gasteiger partial charge < -0.3 is 4.79 Å². The van der Waals surface area contributed by atoms with Gasteiger partial charge in [0.1, 0.15) is 6.29 Å². The number of aldehydes is 1. The van der Waals surface area contributed by atoms with Crippen molar-refractivity contribution >= 4 is 6.29 Å². The standard InChI is InChI=1S/C23H40O.2CH4/c1-18-2-4-20(5-3-18)16-22-10-12-23(13-11-22)17-21-8-6-19(7-9-21)14-15-24;;/h15,18-23H,2-14,16-17H2,1H3;2*1H4. The van der Waals surface area contributed by atoms with E-state index >= 15 is 0 Å². The second kappa shape index (κ2) is 12.2. The summed E-state index contributed by atoms with van der Waals surface area (Å²) in [4.78, 5) is 10.7. The third-order valence-corrected chi connectivity index (χ3v) is 7.83. The molecule has 0 unspecified atom stereocenters. The Balaban J connectivity index is 0.00000169. The first-order valence-electron chi connectivity index (χ1n) is 11.2. The van der Waals surface area contributed by atoms with Crippen LogP contribution in [0.25, 0.3) is 0 Å². The van der Waals surface area contributed by atoms with Gasteiger partial charge >= 0.3 is 0 Å². The van der Waals surface area contributed by atoms with Crippen molar-refractivity contribution < 1.29 is 4.79 Å². The van der Waals surface area contributed by atoms with E-state index in [-0.39, 0.29) is 14.9 Å². The minimum atomic E-state index is 0. The van der Waals surface area contributed by atoms with Gasteiger partial charge in [-0.05, 0) is 61.2 Å². The quantitative estimate of drug-likeness (QED) is 0.435. The van der Waals surface area contributed by atoms with E-state index < -0.39 is 0 Å². The summed E-state index contributed by atoms with van der Waals surface area (Å²) in [5.74, 6) is 5.85. The van der Waals surface area contributed by atoms with Crippen molar-refractivity contribution in [2.24, 2.45) is 35.5 Å². The Labute approximate surface area is 165 Å². The molecule has 3 fully saturated rings. The van der Waals surface area contributed by atoms with E-state index in [9.17, 15) is 4.79 Å². The second-order valence-corrected chi connectivity index (χ2v) is 9.77. The summed E-state index contributed by atoms with van der Waals surface area (Å²) in [6.45, 7) is 2.44. The lowest BCUT2D eigenvalue weighted by Gasteiger charge is -2.36. The summed E-state index contributed by atoms with van der Waals surface area (Å²) >= 11 is 0. The highest BCUT2D eigenvalue weighted by molar-refractivity contribution is 5.49. The predicted octanol–water partition coefficient (Wildman–Crippen LogP) is 8.07. The van der Waals surface area contributed by atoms with Crippen LogP contribution in [0.1, 0.15) is 118 Å². The molecule has 0 atom stereocenters. The molecule has 3 rings (SSSR count). The monoisotopic (exact) mass is 364 g/mol. The smallest absolute Gasteiger partial charge is 0.120 e. The first-order valence-corrected chi connectivity index (χ1v) is 11.2. The Kier molecular flexibility index (Phi) is 11.1. The summed E-state index contributed by atoms with van der Waals surface area (Å²) in [5, 5.41) is 0. The molecule has 0 saturated heterocycles. The third kappa shape index (κ3) is 7.35. The fourth-order valence-electron chi connectivity index (χ4n) is 6.05. The van der Waals surface area contributed by atoms with E-state index in [0.717, 1.165) is 42.3 Å². The molecular formula is C25H48O. The molecule has 1 nitrogen and oxygen atoms in total. The van der Waals surface area contributed by atoms with Gasteiger partial charge in [0, 0.05) is 6.42 Å². The molecule has 0 radical (unpaired) electrons. The molecule has 3 aliphatic carbocycles. The van der Waals surface area contributed by atoms with Gasteiger partial charge in [0.15, 0.2) is 0 Å². The summed E-state index contributed by atoms with van der Waals surface area (Å²) in [6, 6.07) is 0. The molecule has 154 valence electrons. The summed E-state index contributed by atoms with van der Waals surface area (Å²) in [5.41, 5.74) is 0. The zero-order valence-electron chi connectivity index (χ0n) is 16.1. The normalized spacial score (nSPS) is 37.9. The van der Waals surface area contributed by atoms with Crippen molar-refractivity contribution in [2.75, 3.05) is 0 Å². The maximum absolute atomic E-state index is 10.7. The van der Waals surface area contributed by atoms with Crippen LogP contribution in [0, 0.1) is 35.5 Å². The van der Waals surface area contributed by atoms with Crippen molar-refractivity contribution in [3.8, 4) is 0 Å². The molecule has 0 aromatic carbocycles. The van der Waals surface area contributed by atoms with Gasteiger partial charge in [0.2, 0.25) is 0 Å². The second-order valence-electron chi connectivity index (χ2n) is 9.77. The molecule has 0 amide bonds. The van der Waals surface area contributed by atoms with Gasteiger partial charge in [-0.1, -0.05) is 86.0 Å². The molecule has 0 aromatic heterocycles. The maximum atomic E-state index is 10.7. The molecule has 1 heteroatoms. The Morgan fingerprint density at radius 2 is 0.885 bits per heavy atom. The van der Waals surface area contributed by atoms with Crippen LogP contribution in [-0.2, 0) is 4.79 Å². The lowest BCUT2D eigenvalue weighted by molar-refractivity contribution is -0.108. The SMILES string of the molecule is C.C.CC1CCC(CC2CCC(CC3CCC(CC=O)CC3)CC2)CC1. The van der Waals surface area contributed by atoms with E-state index in [2.05, 4.69) is 6.92 Å². The van der Waals surface area contributed by atoms with Gasteiger partial charge in [-0.2, -0.15) is 0 Å². The minimum absolute atomic E-state index is 0. The fraction of sp³-hybridized carbons (Fsp3) is 0.960. The van der Waals surface area contributed by atoms with Crippen molar-refractivity contribution in [3.63, 3.8) is 0 Å². The van der Waals surface area contributed by atoms with Crippen LogP contribution < -0.4 is 0 Å². The molecule has 0 aromatic rings. The average Bonchev–Trinajstić information content (AvgIpc) is 2.61. The van der Waals surface area contributed by atoms with Crippen LogP contribution in [0.3, 0.4) is 0 Å². The summed E-state index contributed by atoms with van der Waals surface area (Å²) < 4.78 is 0. The van der Waals surface area contributed by atoms with E-state index in [1.54, 1.807) is 6.42 Å². The Bertz CT molecular complexity index is 352. The van der Waals surface area contributed by atoms with Gasteiger partial charge in [-0.3, -0.25) is 0 Å². The number of carbonyl (C=O) groups excluding carboxylic acids is 1. The lowest BCUT2D eigenvalue weighted by atomic mass is 9.70. The molecule has 3 aliphatic rings. The third-order valence-electron chi connectivity index (χ3n) is 7.83. The van der Waals surface area contributed by atoms with Gasteiger partial charge in [-0.25, -0.2) is 0 Å². The average molecular weight is 365 g/mol. The molecule has 26 heavy (non-hydrogen) atoms. The highest BCUT2D eigenvalue weighted by atomic mass is 16.1. The number of hydrogen-bond acceptors (Lipinski definition) is 1. The van der Waals surface area contributed by atoms with Gasteiger partial charge in [-0.15, -0.1) is 0 Å². The van der Waals surface area contributed by atoms with Crippen LogP contribution in [0.4, 0.5) is 0 Å². The molecule has 0 bridgehead atoms. The molecule has 0 aliphatic heterocycles. The topological polar surface area (TPSA) is 17.1 Å². The highest BCUT2D eigenvalue weighted by Gasteiger charge is 2.28. The number of rotatable bonds is 6. The van der Waals surface area contributed by atoms with Crippen LogP contribution in [-0.4, -0.2) is 6.29 Å². The van der Waals surface area contributed by atoms with E-state index in [1.807, 2.05) is 0 Å². The van der Waals surface area contributed by atoms with Crippen LogP contribution in [0.15, 0.2) is 0 Å². The minimum Gasteiger partial charge on any atom is -0.303 e. The van der Waals surface area contributed by atoms with Crippen molar-refractivity contribution in [1.29, 1.82) is 0 Å². The van der Waals surface area contributed by atoms with E-state index in [1.165, 1.54) is 83.5 Å². The molecular weight excluding hydrogens is 316 g/mol. The van der Waals surface area contributed by atoms with E-state index in [0.29, 0.717) is 5.92 Å². The number of carbonyl (C=O) groups is 1. The highest BCUT2D eigenvalue weighted by Crippen LogP contribution is 2.42. The van der Waals surface area contributed by atoms with Crippen LogP contribution >= 0.6 is 0 Å². The zero-order chi connectivity index (χ0) is 16.8. The van der Waals surface area contributed by atoms with Crippen molar-refractivity contribution in [2.45, 2.75) is 118 Å². The van der Waals surface area contributed by atoms with Crippen LogP contribution in [0.2, 0.25) is 0 Å². The zero-order valence-corrected chi connectivity index (χ0v) is 16.1. The Morgan fingerprint density at radius 3 is 1.23 bits per heavy atom. The van der Waals surface area contributed by atoms with Gasteiger partial charge in [0.05, 0.1) is 0 Å². The molecule has 0 spiro atoms. The molecule has 0 heterocycles. The Hall–Kier alpha value is -0.330. The molecule has 0 N–H and O–H groups in total. The first kappa shape index (κ1) is 23.7. The lowest BCUT2D eigenvalue weighted by Crippen LogP contribution is -2.23. The first-order chi connectivity index (χ1) is 11.7. The largest absolute Gasteiger partial charge is 0.303 e.